The van der Waals surface area contributed by atoms with Crippen LogP contribution in [0.3, 0.4) is 0 Å². The van der Waals surface area contributed by atoms with E-state index in [0.29, 0.717) is 66.1 Å². The number of unbranched alkanes of at least 4 members (excludes halogenated alkanes) is 3. The Balaban J connectivity index is 1.88. The van der Waals surface area contributed by atoms with Crippen LogP contribution in [0, 0.1) is 0 Å². The van der Waals surface area contributed by atoms with Crippen LogP contribution in [-0.4, -0.2) is 66.1 Å². The smallest absolute Gasteiger partial charge is 0.161 e. The minimum atomic E-state index is 0.478. The molecule has 1 aromatic carbocycles. The van der Waals surface area contributed by atoms with Gasteiger partial charge < -0.3 is 28.4 Å². The van der Waals surface area contributed by atoms with Gasteiger partial charge in [-0.2, -0.15) is 0 Å². The van der Waals surface area contributed by atoms with E-state index in [4.69, 9.17) is 28.4 Å². The molecular weight excluding hydrogens is 360 g/mol. The highest BCUT2D eigenvalue weighted by atomic mass is 16.6. The quantitative estimate of drug-likeness (QED) is 0.708. The minimum absolute atomic E-state index is 0.478. The molecule has 28 heavy (non-hydrogen) atoms. The zero-order chi connectivity index (χ0) is 19.7. The molecular formula is C22H36O6. The number of ether oxygens (including phenoxy) is 6. The van der Waals surface area contributed by atoms with E-state index in [9.17, 15) is 0 Å². The average molecular weight is 397 g/mol. The van der Waals surface area contributed by atoms with E-state index < -0.39 is 0 Å². The lowest BCUT2D eigenvalue weighted by molar-refractivity contribution is -0.00842. The van der Waals surface area contributed by atoms with Gasteiger partial charge in [-0.3, -0.25) is 0 Å². The predicted molar refractivity (Wildman–Crippen MR) is 109 cm³/mol. The van der Waals surface area contributed by atoms with Gasteiger partial charge in [0.15, 0.2) is 11.5 Å². The first-order chi connectivity index (χ1) is 13.9. The molecule has 2 rings (SSSR count). The summed E-state index contributed by atoms with van der Waals surface area (Å²) in [6, 6.07) is 6.22. The highest BCUT2D eigenvalue weighted by molar-refractivity contribution is 5.43. The molecule has 0 saturated heterocycles. The van der Waals surface area contributed by atoms with Gasteiger partial charge in [-0.1, -0.05) is 32.3 Å². The molecule has 0 saturated carbocycles. The van der Waals surface area contributed by atoms with Crippen LogP contribution in [0.5, 0.6) is 11.5 Å². The molecule has 0 bridgehead atoms. The normalized spacial score (nSPS) is 18.2. The van der Waals surface area contributed by atoms with Crippen LogP contribution in [0.15, 0.2) is 18.2 Å². The molecule has 6 heteroatoms. The van der Waals surface area contributed by atoms with Crippen molar-refractivity contribution >= 4 is 0 Å². The summed E-state index contributed by atoms with van der Waals surface area (Å²) >= 11 is 0. The van der Waals surface area contributed by atoms with Crippen molar-refractivity contribution in [3.63, 3.8) is 0 Å². The summed E-state index contributed by atoms with van der Waals surface area (Å²) in [6.45, 7) is 7.57. The number of benzene rings is 1. The summed E-state index contributed by atoms with van der Waals surface area (Å²) in [5.41, 5.74) is 1.28. The van der Waals surface area contributed by atoms with Gasteiger partial charge in [0.05, 0.1) is 52.9 Å². The summed E-state index contributed by atoms with van der Waals surface area (Å²) in [7, 11) is 0. The molecule has 6 nitrogen and oxygen atoms in total. The van der Waals surface area contributed by atoms with Gasteiger partial charge in [0.1, 0.15) is 13.2 Å². The largest absolute Gasteiger partial charge is 0.487 e. The molecule has 0 aliphatic carbocycles. The van der Waals surface area contributed by atoms with Crippen LogP contribution < -0.4 is 9.47 Å². The van der Waals surface area contributed by atoms with E-state index in [-0.39, 0.29) is 0 Å². The first-order valence-corrected chi connectivity index (χ1v) is 10.6. The van der Waals surface area contributed by atoms with Gasteiger partial charge in [0.2, 0.25) is 0 Å². The van der Waals surface area contributed by atoms with Crippen LogP contribution in [-0.2, 0) is 25.4 Å². The third-order valence-electron chi connectivity index (χ3n) is 4.41. The number of rotatable bonds is 5. The molecule has 160 valence electrons. The maximum absolute atomic E-state index is 5.95. The first kappa shape index (κ1) is 22.9. The van der Waals surface area contributed by atoms with Crippen LogP contribution in [0.25, 0.3) is 0 Å². The molecule has 0 N–H and O–H groups in total. The standard InChI is InChI=1S/C22H36O6/c1-2-3-4-5-6-20-7-8-21-22(19-20)28-18-16-26-14-12-24-10-9-23-11-13-25-15-17-27-21/h7-8,19H,2-6,9-18H2,1H3. The summed E-state index contributed by atoms with van der Waals surface area (Å²) in [5, 5.41) is 0. The van der Waals surface area contributed by atoms with E-state index in [0.717, 1.165) is 17.9 Å². The Morgan fingerprint density at radius 3 is 1.71 bits per heavy atom. The van der Waals surface area contributed by atoms with Crippen molar-refractivity contribution in [2.75, 3.05) is 66.1 Å². The maximum atomic E-state index is 5.95. The Morgan fingerprint density at radius 1 is 0.607 bits per heavy atom. The SMILES string of the molecule is CCCCCCc1ccc2c(c1)OCCOCCOCCOCCOCCO2. The van der Waals surface area contributed by atoms with Crippen molar-refractivity contribution in [2.24, 2.45) is 0 Å². The van der Waals surface area contributed by atoms with E-state index >= 15 is 0 Å². The highest BCUT2D eigenvalue weighted by Crippen LogP contribution is 2.29. The third kappa shape index (κ3) is 10.3. The second-order valence-electron chi connectivity index (χ2n) is 6.74. The van der Waals surface area contributed by atoms with Gasteiger partial charge in [-0.25, -0.2) is 0 Å². The lowest BCUT2D eigenvalue weighted by atomic mass is 10.1. The molecule has 0 spiro atoms. The number of fused-ring (bicyclic) bond motifs is 1. The van der Waals surface area contributed by atoms with Crippen molar-refractivity contribution in [2.45, 2.75) is 39.0 Å². The third-order valence-corrected chi connectivity index (χ3v) is 4.41. The van der Waals surface area contributed by atoms with Crippen molar-refractivity contribution in [3.05, 3.63) is 23.8 Å². The fourth-order valence-corrected chi connectivity index (χ4v) is 2.88. The molecule has 0 unspecified atom stereocenters. The fraction of sp³-hybridized carbons (Fsp3) is 0.727. The molecule has 0 fully saturated rings. The maximum Gasteiger partial charge on any atom is 0.161 e. The summed E-state index contributed by atoms with van der Waals surface area (Å²) < 4.78 is 33.8. The van der Waals surface area contributed by atoms with Gasteiger partial charge >= 0.3 is 0 Å². The van der Waals surface area contributed by atoms with Crippen LogP contribution in [0.2, 0.25) is 0 Å². The Labute approximate surface area is 169 Å². The summed E-state index contributed by atoms with van der Waals surface area (Å²) in [4.78, 5) is 0. The monoisotopic (exact) mass is 396 g/mol. The van der Waals surface area contributed by atoms with Crippen molar-refractivity contribution in [1.82, 2.24) is 0 Å². The zero-order valence-corrected chi connectivity index (χ0v) is 17.3. The van der Waals surface area contributed by atoms with Crippen LogP contribution in [0.1, 0.15) is 38.2 Å². The molecule has 0 radical (unpaired) electrons. The topological polar surface area (TPSA) is 55.4 Å². The van der Waals surface area contributed by atoms with Gasteiger partial charge in [-0.15, -0.1) is 0 Å². The Kier molecular flexibility index (Phi) is 12.8. The Bertz CT molecular complexity index is 508. The Hall–Kier alpha value is -1.34. The van der Waals surface area contributed by atoms with Crippen LogP contribution in [0.4, 0.5) is 0 Å². The van der Waals surface area contributed by atoms with E-state index in [1.807, 2.05) is 6.07 Å². The molecule has 0 atom stereocenters. The molecule has 1 aliphatic rings. The van der Waals surface area contributed by atoms with E-state index in [1.165, 1.54) is 31.2 Å². The van der Waals surface area contributed by atoms with E-state index in [1.54, 1.807) is 0 Å². The highest BCUT2D eigenvalue weighted by Gasteiger charge is 2.08. The van der Waals surface area contributed by atoms with Gasteiger partial charge in [-0.05, 0) is 30.5 Å². The molecule has 1 aliphatic heterocycles. The van der Waals surface area contributed by atoms with Gasteiger partial charge in [0.25, 0.3) is 0 Å². The molecule has 0 aromatic heterocycles. The van der Waals surface area contributed by atoms with Gasteiger partial charge in [0, 0.05) is 0 Å². The number of hydrogen-bond donors (Lipinski definition) is 0. The van der Waals surface area contributed by atoms with Crippen molar-refractivity contribution < 1.29 is 28.4 Å². The van der Waals surface area contributed by atoms with Crippen LogP contribution >= 0.6 is 0 Å². The summed E-state index contributed by atoms with van der Waals surface area (Å²) in [5.74, 6) is 1.53. The average Bonchev–Trinajstić information content (AvgIpc) is 2.71. The minimum Gasteiger partial charge on any atom is -0.487 e. The molecule has 0 amide bonds. The first-order valence-electron chi connectivity index (χ1n) is 10.6. The fourth-order valence-electron chi connectivity index (χ4n) is 2.88. The van der Waals surface area contributed by atoms with E-state index in [2.05, 4.69) is 19.1 Å². The van der Waals surface area contributed by atoms with Crippen molar-refractivity contribution in [1.29, 1.82) is 0 Å². The molecule has 1 aromatic rings. The Morgan fingerprint density at radius 2 is 1.14 bits per heavy atom. The molecule has 1 heterocycles. The lowest BCUT2D eigenvalue weighted by Crippen LogP contribution is -2.16. The van der Waals surface area contributed by atoms with Crippen molar-refractivity contribution in [3.8, 4) is 11.5 Å². The number of hydrogen-bond acceptors (Lipinski definition) is 6. The second kappa shape index (κ2) is 15.6. The second-order valence-corrected chi connectivity index (χ2v) is 6.74. The summed E-state index contributed by atoms with van der Waals surface area (Å²) in [6.07, 6.45) is 6.07. The number of aryl methyl sites for hydroxylation is 1. The zero-order valence-electron chi connectivity index (χ0n) is 17.3. The lowest BCUT2D eigenvalue weighted by Gasteiger charge is -2.15. The predicted octanol–water partition coefficient (Wildman–Crippen LogP) is 3.65.